The third kappa shape index (κ3) is 3.53. The second kappa shape index (κ2) is 7.02. The molecule has 25 heavy (non-hydrogen) atoms. The molecule has 0 atom stereocenters. The monoisotopic (exact) mass is 357 g/mol. The zero-order valence-electron chi connectivity index (χ0n) is 13.3. The molecule has 3 heterocycles. The first-order chi connectivity index (χ1) is 12.3. The van der Waals surface area contributed by atoms with Gasteiger partial charge in [0.25, 0.3) is 0 Å². The minimum atomic E-state index is -0.00507. The van der Waals surface area contributed by atoms with Gasteiger partial charge in [-0.1, -0.05) is 11.8 Å². The molecule has 7 nitrogen and oxygen atoms in total. The van der Waals surface area contributed by atoms with Crippen molar-refractivity contribution in [2.45, 2.75) is 11.7 Å². The SMILES string of the molecule is O=C(CSc1nncn1Cc1ccco1)c1ccc2c(c1)OCCO2. The maximum Gasteiger partial charge on any atom is 0.191 e. The molecule has 1 aliphatic rings. The number of carbonyl (C=O) groups is 1. The Morgan fingerprint density at radius 3 is 2.92 bits per heavy atom. The van der Waals surface area contributed by atoms with E-state index in [0.717, 1.165) is 5.76 Å². The van der Waals surface area contributed by atoms with E-state index < -0.39 is 0 Å². The maximum atomic E-state index is 12.5. The number of hydrogen-bond acceptors (Lipinski definition) is 7. The Labute approximate surface area is 147 Å². The van der Waals surface area contributed by atoms with Crippen molar-refractivity contribution in [1.82, 2.24) is 14.8 Å². The Kier molecular flexibility index (Phi) is 4.43. The summed E-state index contributed by atoms with van der Waals surface area (Å²) in [5.74, 6) is 2.35. The van der Waals surface area contributed by atoms with Crippen molar-refractivity contribution in [1.29, 1.82) is 0 Å². The van der Waals surface area contributed by atoms with E-state index in [1.165, 1.54) is 11.8 Å². The maximum absolute atomic E-state index is 12.5. The fourth-order valence-electron chi connectivity index (χ4n) is 2.47. The zero-order chi connectivity index (χ0) is 17.1. The molecule has 2 aromatic heterocycles. The highest BCUT2D eigenvalue weighted by Gasteiger charge is 2.16. The normalized spacial score (nSPS) is 13.0. The number of nitrogens with zero attached hydrogens (tertiary/aromatic N) is 3. The molecule has 0 N–H and O–H groups in total. The van der Waals surface area contributed by atoms with Crippen LogP contribution in [-0.4, -0.2) is 39.5 Å². The van der Waals surface area contributed by atoms with Crippen molar-refractivity contribution in [3.05, 3.63) is 54.2 Å². The number of fused-ring (bicyclic) bond motifs is 1. The summed E-state index contributed by atoms with van der Waals surface area (Å²) in [7, 11) is 0. The largest absolute Gasteiger partial charge is 0.486 e. The number of aromatic nitrogens is 3. The molecule has 0 spiro atoms. The summed E-state index contributed by atoms with van der Waals surface area (Å²) in [5.41, 5.74) is 0.592. The lowest BCUT2D eigenvalue weighted by Gasteiger charge is -2.18. The molecular formula is C17H15N3O4S. The summed E-state index contributed by atoms with van der Waals surface area (Å²) in [4.78, 5) is 12.5. The van der Waals surface area contributed by atoms with Crippen molar-refractivity contribution in [2.75, 3.05) is 19.0 Å². The Hall–Kier alpha value is -2.74. The van der Waals surface area contributed by atoms with Gasteiger partial charge in [-0.2, -0.15) is 0 Å². The van der Waals surface area contributed by atoms with Gasteiger partial charge in [-0.25, -0.2) is 0 Å². The van der Waals surface area contributed by atoms with E-state index in [1.807, 2.05) is 16.7 Å². The van der Waals surface area contributed by atoms with Crippen LogP contribution >= 0.6 is 11.8 Å². The lowest BCUT2D eigenvalue weighted by Crippen LogP contribution is -2.16. The number of thioether (sulfide) groups is 1. The number of rotatable bonds is 6. The predicted molar refractivity (Wildman–Crippen MR) is 90.3 cm³/mol. The van der Waals surface area contributed by atoms with Gasteiger partial charge in [-0.15, -0.1) is 10.2 Å². The number of carbonyl (C=O) groups excluding carboxylic acids is 1. The van der Waals surface area contributed by atoms with Crippen LogP contribution in [0.25, 0.3) is 0 Å². The van der Waals surface area contributed by atoms with E-state index in [-0.39, 0.29) is 11.5 Å². The second-order valence-electron chi connectivity index (χ2n) is 5.39. The molecule has 0 aliphatic carbocycles. The van der Waals surface area contributed by atoms with Crippen molar-refractivity contribution in [2.24, 2.45) is 0 Å². The van der Waals surface area contributed by atoms with E-state index in [0.29, 0.717) is 42.0 Å². The molecule has 128 valence electrons. The van der Waals surface area contributed by atoms with Crippen LogP contribution in [0.5, 0.6) is 11.5 Å². The third-order valence-corrected chi connectivity index (χ3v) is 4.66. The van der Waals surface area contributed by atoms with E-state index in [2.05, 4.69) is 10.2 Å². The van der Waals surface area contributed by atoms with Crippen molar-refractivity contribution in [3.8, 4) is 11.5 Å². The molecule has 4 rings (SSSR count). The standard InChI is InChI=1S/C17H15N3O4S/c21-14(12-3-4-15-16(8-12)24-7-6-23-15)10-25-17-19-18-11-20(17)9-13-2-1-5-22-13/h1-5,8,11H,6-7,9-10H2. The van der Waals surface area contributed by atoms with Crippen molar-refractivity contribution < 1.29 is 18.7 Å². The van der Waals surface area contributed by atoms with E-state index in [1.54, 1.807) is 30.8 Å². The molecule has 0 unspecified atom stereocenters. The summed E-state index contributed by atoms with van der Waals surface area (Å²) in [6.07, 6.45) is 3.25. The fourth-order valence-corrected chi connectivity index (χ4v) is 3.27. The van der Waals surface area contributed by atoms with E-state index in [4.69, 9.17) is 13.9 Å². The minimum Gasteiger partial charge on any atom is -0.486 e. The number of Topliss-reactive ketones (excluding diaryl/α,β-unsaturated/α-hetero) is 1. The molecule has 3 aromatic rings. The number of hydrogen-bond donors (Lipinski definition) is 0. The van der Waals surface area contributed by atoms with Crippen LogP contribution in [0.3, 0.4) is 0 Å². The van der Waals surface area contributed by atoms with Crippen LogP contribution < -0.4 is 9.47 Å². The Morgan fingerprint density at radius 2 is 2.08 bits per heavy atom. The number of benzene rings is 1. The van der Waals surface area contributed by atoms with Crippen LogP contribution in [0.2, 0.25) is 0 Å². The molecule has 0 saturated carbocycles. The molecule has 0 radical (unpaired) electrons. The third-order valence-electron chi connectivity index (χ3n) is 3.68. The summed E-state index contributed by atoms with van der Waals surface area (Å²) < 4.78 is 18.2. The average Bonchev–Trinajstić information content (AvgIpc) is 3.32. The van der Waals surface area contributed by atoms with Gasteiger partial charge in [0.2, 0.25) is 0 Å². The van der Waals surface area contributed by atoms with E-state index in [9.17, 15) is 4.79 Å². The first kappa shape index (κ1) is 15.8. The summed E-state index contributed by atoms with van der Waals surface area (Å²) in [6.45, 7) is 1.55. The number of furan rings is 1. The van der Waals surface area contributed by atoms with Crippen LogP contribution in [0.15, 0.2) is 52.5 Å². The fraction of sp³-hybridized carbons (Fsp3) is 0.235. The van der Waals surface area contributed by atoms with Gasteiger partial charge in [0.15, 0.2) is 22.4 Å². The molecule has 0 bridgehead atoms. The number of ether oxygens (including phenoxy) is 2. The van der Waals surface area contributed by atoms with Gasteiger partial charge in [-0.05, 0) is 30.3 Å². The van der Waals surface area contributed by atoms with Gasteiger partial charge in [0.05, 0.1) is 18.6 Å². The van der Waals surface area contributed by atoms with Gasteiger partial charge in [-0.3, -0.25) is 4.79 Å². The highest BCUT2D eigenvalue weighted by atomic mass is 32.2. The molecule has 8 heteroatoms. The smallest absolute Gasteiger partial charge is 0.191 e. The molecule has 1 aromatic carbocycles. The second-order valence-corrected chi connectivity index (χ2v) is 6.33. The number of ketones is 1. The van der Waals surface area contributed by atoms with Crippen LogP contribution in [0.1, 0.15) is 16.1 Å². The Bertz CT molecular complexity index is 876. The van der Waals surface area contributed by atoms with Crippen LogP contribution in [-0.2, 0) is 6.54 Å². The van der Waals surface area contributed by atoms with Crippen molar-refractivity contribution >= 4 is 17.5 Å². The quantitative estimate of drug-likeness (QED) is 0.496. The molecule has 0 saturated heterocycles. The van der Waals surface area contributed by atoms with Gasteiger partial charge < -0.3 is 18.5 Å². The molecule has 0 fully saturated rings. The lowest BCUT2D eigenvalue weighted by atomic mass is 10.1. The van der Waals surface area contributed by atoms with Gasteiger partial charge in [0, 0.05) is 5.56 Å². The predicted octanol–water partition coefficient (Wildman–Crippen LogP) is 2.67. The highest BCUT2D eigenvalue weighted by molar-refractivity contribution is 7.99. The highest BCUT2D eigenvalue weighted by Crippen LogP contribution is 2.31. The Morgan fingerprint density at radius 1 is 1.20 bits per heavy atom. The van der Waals surface area contributed by atoms with Crippen LogP contribution in [0, 0.1) is 0 Å². The molecule has 0 amide bonds. The van der Waals surface area contributed by atoms with Gasteiger partial charge in [0.1, 0.15) is 25.3 Å². The first-order valence-electron chi connectivity index (χ1n) is 7.75. The van der Waals surface area contributed by atoms with Gasteiger partial charge >= 0.3 is 0 Å². The summed E-state index contributed by atoms with van der Waals surface area (Å²) in [6, 6.07) is 8.97. The lowest BCUT2D eigenvalue weighted by molar-refractivity contribution is 0.102. The molecular weight excluding hydrogens is 342 g/mol. The van der Waals surface area contributed by atoms with Crippen molar-refractivity contribution in [3.63, 3.8) is 0 Å². The topological polar surface area (TPSA) is 79.4 Å². The summed E-state index contributed by atoms with van der Waals surface area (Å²) in [5, 5.41) is 8.65. The zero-order valence-corrected chi connectivity index (χ0v) is 14.1. The minimum absolute atomic E-state index is 0.00507. The first-order valence-corrected chi connectivity index (χ1v) is 8.74. The van der Waals surface area contributed by atoms with Crippen LogP contribution in [0.4, 0.5) is 0 Å². The molecule has 1 aliphatic heterocycles. The Balaban J connectivity index is 1.42. The summed E-state index contributed by atoms with van der Waals surface area (Å²) >= 11 is 1.34. The van der Waals surface area contributed by atoms with E-state index >= 15 is 0 Å². The average molecular weight is 357 g/mol.